The number of hydrogen-bond donors (Lipinski definition) is 0. The summed E-state index contributed by atoms with van der Waals surface area (Å²) < 4.78 is 36.4. The van der Waals surface area contributed by atoms with Crippen LogP contribution in [0.3, 0.4) is 0 Å². The van der Waals surface area contributed by atoms with Crippen LogP contribution in [0, 0.1) is 5.92 Å². The van der Waals surface area contributed by atoms with E-state index in [0.717, 1.165) is 12.8 Å². The molecule has 0 bridgehead atoms. The van der Waals surface area contributed by atoms with Crippen LogP contribution in [0.1, 0.15) is 65.2 Å². The highest BCUT2D eigenvalue weighted by molar-refractivity contribution is 4.62. The van der Waals surface area contributed by atoms with Gasteiger partial charge in [-0.25, -0.2) is 0 Å². The van der Waals surface area contributed by atoms with Gasteiger partial charge in [0.2, 0.25) is 0 Å². The van der Waals surface area contributed by atoms with E-state index >= 15 is 0 Å². The van der Waals surface area contributed by atoms with Crippen LogP contribution < -0.4 is 0 Å². The molecule has 92 valence electrons. The Morgan fingerprint density at radius 1 is 0.867 bits per heavy atom. The summed E-state index contributed by atoms with van der Waals surface area (Å²) in [6.45, 7) is 3.43. The molecule has 0 spiro atoms. The zero-order valence-electron chi connectivity index (χ0n) is 9.87. The van der Waals surface area contributed by atoms with Crippen LogP contribution in [0.2, 0.25) is 0 Å². The minimum absolute atomic E-state index is 0.289. The van der Waals surface area contributed by atoms with Gasteiger partial charge in [-0.1, -0.05) is 58.8 Å². The van der Waals surface area contributed by atoms with Gasteiger partial charge in [0.1, 0.15) is 0 Å². The molecule has 15 heavy (non-hydrogen) atoms. The summed E-state index contributed by atoms with van der Waals surface area (Å²) >= 11 is 0. The largest absolute Gasteiger partial charge is 0.391 e. The molecule has 0 aromatic heterocycles. The van der Waals surface area contributed by atoms with E-state index < -0.39 is 12.1 Å². The molecule has 0 radical (unpaired) electrons. The van der Waals surface area contributed by atoms with Crippen LogP contribution >= 0.6 is 0 Å². The summed E-state index contributed by atoms with van der Waals surface area (Å²) in [6, 6.07) is 0. The maximum Gasteiger partial charge on any atom is 0.391 e. The molecule has 0 aromatic carbocycles. The van der Waals surface area contributed by atoms with Gasteiger partial charge in [0.15, 0.2) is 0 Å². The molecule has 0 nitrogen and oxygen atoms in total. The molecule has 0 heterocycles. The normalized spacial score (nSPS) is 14.2. The number of halogens is 3. The second-order valence-corrected chi connectivity index (χ2v) is 4.35. The Hall–Kier alpha value is -0.210. The molecule has 0 aliphatic rings. The van der Waals surface area contributed by atoms with Crippen LogP contribution in [0.4, 0.5) is 13.2 Å². The smallest absolute Gasteiger partial charge is 0.171 e. The van der Waals surface area contributed by atoms with Crippen LogP contribution in [0.15, 0.2) is 0 Å². The predicted molar refractivity (Wildman–Crippen MR) is 57.8 cm³/mol. The molecular formula is C12H23F3. The fraction of sp³-hybridized carbons (Fsp3) is 1.00. The van der Waals surface area contributed by atoms with Gasteiger partial charge < -0.3 is 0 Å². The van der Waals surface area contributed by atoms with Crippen LogP contribution in [-0.4, -0.2) is 6.18 Å². The first-order valence-electron chi connectivity index (χ1n) is 6.05. The molecule has 0 amide bonds. The third kappa shape index (κ3) is 8.76. The van der Waals surface area contributed by atoms with Crippen LogP contribution in [0.25, 0.3) is 0 Å². The van der Waals surface area contributed by atoms with Crippen LogP contribution in [-0.2, 0) is 0 Å². The fourth-order valence-electron chi connectivity index (χ4n) is 1.57. The molecule has 0 saturated heterocycles. The molecule has 0 N–H and O–H groups in total. The molecule has 0 aliphatic carbocycles. The van der Waals surface area contributed by atoms with Crippen molar-refractivity contribution in [2.24, 2.45) is 5.92 Å². The third-order valence-electron chi connectivity index (χ3n) is 2.80. The van der Waals surface area contributed by atoms with E-state index in [9.17, 15) is 13.2 Å². The van der Waals surface area contributed by atoms with Crippen molar-refractivity contribution in [2.75, 3.05) is 0 Å². The number of hydrogen-bond acceptors (Lipinski definition) is 0. The predicted octanol–water partition coefficient (Wildman–Crippen LogP) is 5.33. The molecular weight excluding hydrogens is 201 g/mol. The molecule has 3 heteroatoms. The molecule has 0 rings (SSSR count). The standard InChI is InChI=1S/C12H23F3/c1-3-4-5-6-7-8-9-10-11(2)12(13,14)15/h11H,3-10H2,1-2H3. The Balaban J connectivity index is 3.24. The molecule has 1 unspecified atom stereocenters. The maximum absolute atomic E-state index is 12.1. The van der Waals surface area contributed by atoms with Gasteiger partial charge >= 0.3 is 6.18 Å². The fourth-order valence-corrected chi connectivity index (χ4v) is 1.57. The molecule has 0 aromatic rings. The maximum atomic E-state index is 12.1. The van der Waals surface area contributed by atoms with Gasteiger partial charge in [-0.15, -0.1) is 0 Å². The van der Waals surface area contributed by atoms with Crippen molar-refractivity contribution >= 4 is 0 Å². The van der Waals surface area contributed by atoms with Crippen molar-refractivity contribution in [3.63, 3.8) is 0 Å². The van der Waals surface area contributed by atoms with Crippen molar-refractivity contribution < 1.29 is 13.2 Å². The second kappa shape index (κ2) is 8.00. The van der Waals surface area contributed by atoms with E-state index in [2.05, 4.69) is 6.92 Å². The Labute approximate surface area is 91.3 Å². The highest BCUT2D eigenvalue weighted by atomic mass is 19.4. The van der Waals surface area contributed by atoms with Gasteiger partial charge in [0.25, 0.3) is 0 Å². The SMILES string of the molecule is CCCCCCCCCC(C)C(F)(F)F. The molecule has 0 fully saturated rings. The van der Waals surface area contributed by atoms with Gasteiger partial charge in [0, 0.05) is 0 Å². The Bertz CT molecular complexity index is 140. The zero-order chi connectivity index (χ0) is 11.7. The van der Waals surface area contributed by atoms with E-state index in [4.69, 9.17) is 0 Å². The van der Waals surface area contributed by atoms with E-state index in [1.165, 1.54) is 32.6 Å². The van der Waals surface area contributed by atoms with Crippen molar-refractivity contribution in [3.8, 4) is 0 Å². The lowest BCUT2D eigenvalue weighted by Gasteiger charge is -2.14. The Morgan fingerprint density at radius 3 is 1.80 bits per heavy atom. The minimum atomic E-state index is -4.00. The number of rotatable bonds is 8. The first-order valence-corrected chi connectivity index (χ1v) is 6.05. The van der Waals surface area contributed by atoms with Gasteiger partial charge in [-0.2, -0.15) is 13.2 Å². The lowest BCUT2D eigenvalue weighted by molar-refractivity contribution is -0.171. The minimum Gasteiger partial charge on any atom is -0.171 e. The Morgan fingerprint density at radius 2 is 1.33 bits per heavy atom. The Kier molecular flexibility index (Phi) is 7.89. The lowest BCUT2D eigenvalue weighted by Crippen LogP contribution is -2.19. The van der Waals surface area contributed by atoms with Gasteiger partial charge in [0.05, 0.1) is 5.92 Å². The summed E-state index contributed by atoms with van der Waals surface area (Å²) in [6.07, 6.45) is 3.91. The van der Waals surface area contributed by atoms with Crippen molar-refractivity contribution in [1.29, 1.82) is 0 Å². The highest BCUT2D eigenvalue weighted by Gasteiger charge is 2.34. The van der Waals surface area contributed by atoms with E-state index in [-0.39, 0.29) is 6.42 Å². The van der Waals surface area contributed by atoms with E-state index in [1.54, 1.807) is 0 Å². The van der Waals surface area contributed by atoms with Gasteiger partial charge in [-0.05, 0) is 6.42 Å². The first-order chi connectivity index (χ1) is 6.98. The van der Waals surface area contributed by atoms with Crippen molar-refractivity contribution in [2.45, 2.75) is 71.4 Å². The number of alkyl halides is 3. The molecule has 0 saturated carbocycles. The summed E-state index contributed by atoms with van der Waals surface area (Å²) in [4.78, 5) is 0. The third-order valence-corrected chi connectivity index (χ3v) is 2.80. The quantitative estimate of drug-likeness (QED) is 0.489. The summed E-state index contributed by atoms with van der Waals surface area (Å²) in [7, 11) is 0. The first kappa shape index (κ1) is 14.8. The lowest BCUT2D eigenvalue weighted by atomic mass is 10.0. The zero-order valence-corrected chi connectivity index (χ0v) is 9.87. The highest BCUT2D eigenvalue weighted by Crippen LogP contribution is 2.29. The molecule has 0 aliphatic heterocycles. The molecule has 1 atom stereocenters. The van der Waals surface area contributed by atoms with E-state index in [0.29, 0.717) is 6.42 Å². The summed E-state index contributed by atoms with van der Waals surface area (Å²) in [5.41, 5.74) is 0. The van der Waals surface area contributed by atoms with Crippen molar-refractivity contribution in [1.82, 2.24) is 0 Å². The van der Waals surface area contributed by atoms with E-state index in [1.807, 2.05) is 0 Å². The topological polar surface area (TPSA) is 0 Å². The average molecular weight is 224 g/mol. The van der Waals surface area contributed by atoms with Gasteiger partial charge in [-0.3, -0.25) is 0 Å². The van der Waals surface area contributed by atoms with Crippen LogP contribution in [0.5, 0.6) is 0 Å². The average Bonchev–Trinajstić information content (AvgIpc) is 2.14. The summed E-state index contributed by atoms with van der Waals surface area (Å²) in [5.74, 6) is -1.13. The summed E-state index contributed by atoms with van der Waals surface area (Å²) in [5, 5.41) is 0. The number of unbranched alkanes of at least 4 members (excludes halogenated alkanes) is 6. The second-order valence-electron chi connectivity index (χ2n) is 4.35. The van der Waals surface area contributed by atoms with Crippen molar-refractivity contribution in [3.05, 3.63) is 0 Å². The monoisotopic (exact) mass is 224 g/mol.